The molecule has 2 N–H and O–H groups in total. The number of hydrogen-bond acceptors (Lipinski definition) is 4. The van der Waals surface area contributed by atoms with Crippen molar-refractivity contribution in [2.75, 3.05) is 11.9 Å². The number of carbonyl (C=O) groups is 1. The molecule has 2 aliphatic carbocycles. The van der Waals surface area contributed by atoms with Gasteiger partial charge in [0.25, 0.3) is 0 Å². The molecule has 1 aromatic rings. The minimum Gasteiger partial charge on any atom is -0.481 e. The molecule has 1 saturated carbocycles. The molecule has 20 heavy (non-hydrogen) atoms. The van der Waals surface area contributed by atoms with Crippen LogP contribution in [0, 0.1) is 11.3 Å². The van der Waals surface area contributed by atoms with Crippen molar-refractivity contribution in [3.63, 3.8) is 0 Å². The van der Waals surface area contributed by atoms with Crippen molar-refractivity contribution in [3.05, 3.63) is 10.6 Å². The predicted octanol–water partition coefficient (Wildman–Crippen LogP) is 3.50. The number of hydrogen-bond donors (Lipinski definition) is 2. The summed E-state index contributed by atoms with van der Waals surface area (Å²) in [5.74, 6) is -0.439. The Kier molecular flexibility index (Phi) is 3.48. The van der Waals surface area contributed by atoms with Crippen LogP contribution in [-0.4, -0.2) is 22.6 Å². The molecule has 0 radical (unpaired) electrons. The van der Waals surface area contributed by atoms with Gasteiger partial charge in [-0.3, -0.25) is 4.79 Å². The average molecular weight is 294 g/mol. The van der Waals surface area contributed by atoms with Crippen molar-refractivity contribution in [1.29, 1.82) is 0 Å². The van der Waals surface area contributed by atoms with Gasteiger partial charge in [0.2, 0.25) is 0 Å². The molecule has 0 aliphatic heterocycles. The van der Waals surface area contributed by atoms with Crippen LogP contribution < -0.4 is 5.32 Å². The average Bonchev–Trinajstić information content (AvgIpc) is 3.08. The van der Waals surface area contributed by atoms with E-state index >= 15 is 0 Å². The normalized spacial score (nSPS) is 23.4. The fraction of sp³-hybridized carbons (Fsp3) is 0.733. The van der Waals surface area contributed by atoms with Gasteiger partial charge in [-0.25, -0.2) is 4.98 Å². The van der Waals surface area contributed by atoms with Crippen molar-refractivity contribution in [2.45, 2.75) is 51.9 Å². The second kappa shape index (κ2) is 5.02. The van der Waals surface area contributed by atoms with Crippen LogP contribution in [0.3, 0.4) is 0 Å². The van der Waals surface area contributed by atoms with Crippen molar-refractivity contribution >= 4 is 22.4 Å². The molecule has 2 aliphatic rings. The van der Waals surface area contributed by atoms with Gasteiger partial charge < -0.3 is 10.4 Å². The molecular weight excluding hydrogens is 272 g/mol. The number of carboxylic acid groups (broad SMARTS) is 1. The lowest BCUT2D eigenvalue weighted by atomic mass is 9.91. The summed E-state index contributed by atoms with van der Waals surface area (Å²) in [6.45, 7) is 5.53. The lowest BCUT2D eigenvalue weighted by Gasteiger charge is -2.19. The number of aliphatic carboxylic acids is 1. The first-order valence-electron chi connectivity index (χ1n) is 7.48. The summed E-state index contributed by atoms with van der Waals surface area (Å²) in [7, 11) is 0. The topological polar surface area (TPSA) is 62.2 Å². The molecule has 1 atom stereocenters. The lowest BCUT2D eigenvalue weighted by Crippen LogP contribution is -2.21. The zero-order chi connectivity index (χ0) is 14.3. The molecule has 4 nitrogen and oxygen atoms in total. The standard InChI is InChI=1S/C15H22N2O2S/c1-9(2)15(6-7-15)8-16-14-17-12-10(13(18)19)4-3-5-11(12)20-14/h9-10H,3-8H2,1-2H3,(H,16,17)(H,18,19). The minimum atomic E-state index is -0.733. The smallest absolute Gasteiger partial charge is 0.312 e. The van der Waals surface area contributed by atoms with Crippen LogP contribution in [0.1, 0.15) is 56.0 Å². The van der Waals surface area contributed by atoms with E-state index in [4.69, 9.17) is 0 Å². The SMILES string of the molecule is CC(C)C1(CNc2nc3c(s2)CCCC3C(=O)O)CC1. The summed E-state index contributed by atoms with van der Waals surface area (Å²) in [5.41, 5.74) is 1.25. The second-order valence-electron chi connectivity index (χ2n) is 6.48. The van der Waals surface area contributed by atoms with Gasteiger partial charge in [-0.05, 0) is 43.4 Å². The highest BCUT2D eigenvalue weighted by atomic mass is 32.1. The number of nitrogens with one attached hydrogen (secondary N) is 1. The number of fused-ring (bicyclic) bond motifs is 1. The van der Waals surface area contributed by atoms with Crippen molar-refractivity contribution < 1.29 is 9.90 Å². The Labute approximate surface area is 123 Å². The Morgan fingerprint density at radius 2 is 2.30 bits per heavy atom. The molecule has 0 spiro atoms. The molecule has 5 heteroatoms. The molecule has 3 rings (SSSR count). The van der Waals surface area contributed by atoms with Crippen LogP contribution >= 0.6 is 11.3 Å². The quantitative estimate of drug-likeness (QED) is 0.872. The van der Waals surface area contributed by atoms with E-state index in [1.165, 1.54) is 17.7 Å². The maximum Gasteiger partial charge on any atom is 0.312 e. The molecule has 1 unspecified atom stereocenters. The van der Waals surface area contributed by atoms with Crippen LogP contribution in [0.2, 0.25) is 0 Å². The molecule has 0 aromatic carbocycles. The fourth-order valence-electron chi connectivity index (χ4n) is 3.10. The Balaban J connectivity index is 1.72. The van der Waals surface area contributed by atoms with E-state index in [1.807, 2.05) is 0 Å². The van der Waals surface area contributed by atoms with E-state index in [1.54, 1.807) is 11.3 Å². The number of nitrogens with zero attached hydrogens (tertiary/aromatic N) is 1. The molecule has 0 saturated heterocycles. The minimum absolute atomic E-state index is 0.398. The van der Waals surface area contributed by atoms with Crippen molar-refractivity contribution in [3.8, 4) is 0 Å². The predicted molar refractivity (Wildman–Crippen MR) is 80.4 cm³/mol. The van der Waals surface area contributed by atoms with Gasteiger partial charge in [0.15, 0.2) is 5.13 Å². The van der Waals surface area contributed by atoms with Gasteiger partial charge >= 0.3 is 5.97 Å². The van der Waals surface area contributed by atoms with E-state index in [0.717, 1.165) is 36.6 Å². The fourth-order valence-corrected chi connectivity index (χ4v) is 4.17. The van der Waals surface area contributed by atoms with Crippen LogP contribution in [-0.2, 0) is 11.2 Å². The van der Waals surface area contributed by atoms with Gasteiger partial charge in [-0.15, -0.1) is 11.3 Å². The number of anilines is 1. The highest BCUT2D eigenvalue weighted by Gasteiger charge is 2.45. The number of rotatable bonds is 5. The molecule has 0 amide bonds. The molecule has 0 bridgehead atoms. The van der Waals surface area contributed by atoms with Gasteiger partial charge in [-0.1, -0.05) is 13.8 Å². The van der Waals surface area contributed by atoms with Crippen molar-refractivity contribution in [2.24, 2.45) is 11.3 Å². The van der Waals surface area contributed by atoms with Crippen LogP contribution in [0.25, 0.3) is 0 Å². The Hall–Kier alpha value is -1.10. The first-order chi connectivity index (χ1) is 9.52. The van der Waals surface area contributed by atoms with Crippen molar-refractivity contribution in [1.82, 2.24) is 4.98 Å². The summed E-state index contributed by atoms with van der Waals surface area (Å²) >= 11 is 1.65. The maximum absolute atomic E-state index is 11.3. The summed E-state index contributed by atoms with van der Waals surface area (Å²) in [6.07, 6.45) is 5.25. The monoisotopic (exact) mass is 294 g/mol. The van der Waals surface area contributed by atoms with E-state index in [-0.39, 0.29) is 0 Å². The van der Waals surface area contributed by atoms with E-state index < -0.39 is 11.9 Å². The number of carboxylic acids is 1. The third kappa shape index (κ3) is 2.43. The summed E-state index contributed by atoms with van der Waals surface area (Å²) in [5, 5.41) is 13.7. The summed E-state index contributed by atoms with van der Waals surface area (Å²) < 4.78 is 0. The lowest BCUT2D eigenvalue weighted by molar-refractivity contribution is -0.139. The Bertz CT molecular complexity index is 520. The maximum atomic E-state index is 11.3. The number of aromatic nitrogens is 1. The zero-order valence-corrected chi connectivity index (χ0v) is 12.9. The van der Waals surface area contributed by atoms with E-state index in [9.17, 15) is 9.90 Å². The Morgan fingerprint density at radius 1 is 1.55 bits per heavy atom. The molecule has 1 fully saturated rings. The summed E-state index contributed by atoms with van der Waals surface area (Å²) in [6, 6.07) is 0. The highest BCUT2D eigenvalue weighted by molar-refractivity contribution is 7.15. The molecular formula is C15H22N2O2S. The Morgan fingerprint density at radius 3 is 2.90 bits per heavy atom. The molecule has 110 valence electrons. The summed E-state index contributed by atoms with van der Waals surface area (Å²) in [4.78, 5) is 17.0. The van der Waals surface area contributed by atoms with Gasteiger partial charge in [-0.2, -0.15) is 0 Å². The number of aryl methyl sites for hydroxylation is 1. The molecule has 1 aromatic heterocycles. The van der Waals surface area contributed by atoms with E-state index in [0.29, 0.717) is 11.3 Å². The van der Waals surface area contributed by atoms with E-state index in [2.05, 4.69) is 24.1 Å². The molecule has 1 heterocycles. The number of thiazole rings is 1. The third-order valence-corrected chi connectivity index (χ3v) is 6.05. The third-order valence-electron chi connectivity index (χ3n) is 4.96. The second-order valence-corrected chi connectivity index (χ2v) is 7.56. The van der Waals surface area contributed by atoms with Crippen LogP contribution in [0.15, 0.2) is 0 Å². The zero-order valence-electron chi connectivity index (χ0n) is 12.1. The highest BCUT2D eigenvalue weighted by Crippen LogP contribution is 2.52. The van der Waals surface area contributed by atoms with Crippen LogP contribution in [0.4, 0.5) is 5.13 Å². The van der Waals surface area contributed by atoms with Crippen LogP contribution in [0.5, 0.6) is 0 Å². The van der Waals surface area contributed by atoms with Gasteiger partial charge in [0, 0.05) is 11.4 Å². The van der Waals surface area contributed by atoms with Gasteiger partial charge in [0.05, 0.1) is 5.69 Å². The van der Waals surface area contributed by atoms with Gasteiger partial charge in [0.1, 0.15) is 5.92 Å². The largest absolute Gasteiger partial charge is 0.481 e. The first-order valence-corrected chi connectivity index (χ1v) is 8.30. The first kappa shape index (κ1) is 13.9.